The maximum Gasteiger partial charge on any atom is 0.123 e. The van der Waals surface area contributed by atoms with Gasteiger partial charge in [-0.15, -0.1) is 0 Å². The number of unbranched alkanes of at least 4 members (excludes halogenated alkanes) is 1. The molecule has 0 spiro atoms. The number of aliphatic hydroxyl groups is 1. The summed E-state index contributed by atoms with van der Waals surface area (Å²) in [5, 5.41) is 9.94. The highest BCUT2D eigenvalue weighted by Gasteiger charge is 2.08. The lowest BCUT2D eigenvalue weighted by atomic mass is 10.1. The molecular formula is C14H22FNO. The molecule has 1 unspecified atom stereocenters. The van der Waals surface area contributed by atoms with Gasteiger partial charge in [0.05, 0.1) is 6.10 Å². The van der Waals surface area contributed by atoms with Crippen LogP contribution in [0.1, 0.15) is 37.9 Å². The van der Waals surface area contributed by atoms with Crippen molar-refractivity contribution < 1.29 is 9.50 Å². The Bertz CT molecular complexity index is 313. The van der Waals surface area contributed by atoms with Gasteiger partial charge in [0.2, 0.25) is 0 Å². The van der Waals surface area contributed by atoms with E-state index in [0.29, 0.717) is 6.42 Å². The van der Waals surface area contributed by atoms with Crippen molar-refractivity contribution in [2.24, 2.45) is 0 Å². The lowest BCUT2D eigenvalue weighted by molar-refractivity contribution is 0.148. The van der Waals surface area contributed by atoms with Crippen molar-refractivity contribution in [1.29, 1.82) is 0 Å². The zero-order valence-electron chi connectivity index (χ0n) is 10.7. The van der Waals surface area contributed by atoms with Crippen LogP contribution in [0.4, 0.5) is 4.39 Å². The third kappa shape index (κ3) is 5.29. The molecule has 0 heterocycles. The Labute approximate surface area is 103 Å². The fraction of sp³-hybridized carbons (Fsp3) is 0.571. The molecule has 0 saturated carbocycles. The Morgan fingerprint density at radius 3 is 2.47 bits per heavy atom. The molecule has 1 rings (SSSR count). The molecule has 0 saturated heterocycles. The molecule has 96 valence electrons. The van der Waals surface area contributed by atoms with E-state index in [1.165, 1.54) is 25.0 Å². The summed E-state index contributed by atoms with van der Waals surface area (Å²) in [6, 6.07) is 6.07. The first kappa shape index (κ1) is 14.1. The highest BCUT2D eigenvalue weighted by molar-refractivity contribution is 5.18. The largest absolute Gasteiger partial charge is 0.388 e. The highest BCUT2D eigenvalue weighted by atomic mass is 19.1. The van der Waals surface area contributed by atoms with Crippen molar-refractivity contribution in [2.45, 2.75) is 32.3 Å². The van der Waals surface area contributed by atoms with E-state index in [1.54, 1.807) is 12.1 Å². The fourth-order valence-corrected chi connectivity index (χ4v) is 1.73. The van der Waals surface area contributed by atoms with E-state index in [4.69, 9.17) is 0 Å². The van der Waals surface area contributed by atoms with Gasteiger partial charge in [-0.2, -0.15) is 0 Å². The number of halogens is 1. The monoisotopic (exact) mass is 239 g/mol. The van der Waals surface area contributed by atoms with Crippen molar-refractivity contribution in [2.75, 3.05) is 20.1 Å². The lowest BCUT2D eigenvalue weighted by Crippen LogP contribution is -2.22. The number of rotatable bonds is 7. The standard InChI is InChI=1S/C14H22FNO/c1-3-4-10-16(2)11-9-14(17)12-5-7-13(15)8-6-12/h5-8,14,17H,3-4,9-11H2,1-2H3. The molecule has 1 aromatic carbocycles. The van der Waals surface area contributed by atoms with Crippen LogP contribution < -0.4 is 0 Å². The van der Waals surface area contributed by atoms with Crippen LogP contribution >= 0.6 is 0 Å². The van der Waals surface area contributed by atoms with Crippen LogP contribution in [0.5, 0.6) is 0 Å². The summed E-state index contributed by atoms with van der Waals surface area (Å²) in [4.78, 5) is 2.22. The maximum absolute atomic E-state index is 12.7. The molecule has 1 atom stereocenters. The lowest BCUT2D eigenvalue weighted by Gasteiger charge is -2.18. The summed E-state index contributed by atoms with van der Waals surface area (Å²) in [5.41, 5.74) is 0.787. The van der Waals surface area contributed by atoms with Crippen LogP contribution in [0.2, 0.25) is 0 Å². The molecule has 0 amide bonds. The van der Waals surface area contributed by atoms with Gasteiger partial charge in [0, 0.05) is 6.54 Å². The minimum absolute atomic E-state index is 0.263. The van der Waals surface area contributed by atoms with Gasteiger partial charge >= 0.3 is 0 Å². The predicted octanol–water partition coefficient (Wildman–Crippen LogP) is 2.98. The molecule has 0 bridgehead atoms. The van der Waals surface area contributed by atoms with Gasteiger partial charge < -0.3 is 10.0 Å². The first-order valence-corrected chi connectivity index (χ1v) is 6.25. The van der Waals surface area contributed by atoms with Crippen molar-refractivity contribution in [3.8, 4) is 0 Å². The van der Waals surface area contributed by atoms with Gasteiger partial charge in [-0.1, -0.05) is 25.5 Å². The number of benzene rings is 1. The van der Waals surface area contributed by atoms with E-state index >= 15 is 0 Å². The van der Waals surface area contributed by atoms with Gasteiger partial charge in [-0.25, -0.2) is 4.39 Å². The number of aliphatic hydroxyl groups excluding tert-OH is 1. The molecule has 2 nitrogen and oxygen atoms in total. The number of hydrogen-bond acceptors (Lipinski definition) is 2. The quantitative estimate of drug-likeness (QED) is 0.790. The van der Waals surface area contributed by atoms with Crippen molar-refractivity contribution >= 4 is 0 Å². The molecule has 0 aliphatic rings. The van der Waals surface area contributed by atoms with Gasteiger partial charge in [-0.3, -0.25) is 0 Å². The summed E-state index contributed by atoms with van der Waals surface area (Å²) in [6.45, 7) is 4.09. The normalized spacial score (nSPS) is 13.0. The summed E-state index contributed by atoms with van der Waals surface area (Å²) in [6.07, 6.45) is 2.56. The van der Waals surface area contributed by atoms with Gasteiger partial charge in [-0.05, 0) is 44.1 Å². The molecule has 0 aliphatic carbocycles. The molecule has 1 N–H and O–H groups in total. The average molecular weight is 239 g/mol. The van der Waals surface area contributed by atoms with Gasteiger partial charge in [0.1, 0.15) is 5.82 Å². The summed E-state index contributed by atoms with van der Waals surface area (Å²) in [7, 11) is 2.06. The van der Waals surface area contributed by atoms with Crippen LogP contribution in [-0.2, 0) is 0 Å². The van der Waals surface area contributed by atoms with E-state index in [-0.39, 0.29) is 5.82 Å². The van der Waals surface area contributed by atoms with Gasteiger partial charge in [0.25, 0.3) is 0 Å². The van der Waals surface area contributed by atoms with E-state index in [0.717, 1.165) is 18.7 Å². The average Bonchev–Trinajstić information content (AvgIpc) is 2.34. The second-order valence-electron chi connectivity index (χ2n) is 4.51. The van der Waals surface area contributed by atoms with E-state index in [9.17, 15) is 9.50 Å². The Morgan fingerprint density at radius 2 is 1.88 bits per heavy atom. The highest BCUT2D eigenvalue weighted by Crippen LogP contribution is 2.17. The molecular weight excluding hydrogens is 217 g/mol. The molecule has 3 heteroatoms. The Kier molecular flexibility index (Phi) is 6.16. The van der Waals surface area contributed by atoms with Crippen LogP contribution in [-0.4, -0.2) is 30.1 Å². The molecule has 0 aromatic heterocycles. The Hall–Kier alpha value is -0.930. The van der Waals surface area contributed by atoms with Crippen molar-refractivity contribution in [3.63, 3.8) is 0 Å². The SMILES string of the molecule is CCCCN(C)CCC(O)c1ccc(F)cc1. The number of nitrogens with zero attached hydrogens (tertiary/aromatic N) is 1. The zero-order valence-corrected chi connectivity index (χ0v) is 10.7. The summed E-state index contributed by atoms with van der Waals surface area (Å²) >= 11 is 0. The van der Waals surface area contributed by atoms with E-state index < -0.39 is 6.10 Å². The predicted molar refractivity (Wildman–Crippen MR) is 68.4 cm³/mol. The molecule has 17 heavy (non-hydrogen) atoms. The fourth-order valence-electron chi connectivity index (χ4n) is 1.73. The van der Waals surface area contributed by atoms with Crippen molar-refractivity contribution in [3.05, 3.63) is 35.6 Å². The maximum atomic E-state index is 12.7. The Morgan fingerprint density at radius 1 is 1.24 bits per heavy atom. The van der Waals surface area contributed by atoms with E-state index in [2.05, 4.69) is 18.9 Å². The summed E-state index contributed by atoms with van der Waals surface area (Å²) < 4.78 is 12.7. The first-order chi connectivity index (χ1) is 8.13. The van der Waals surface area contributed by atoms with E-state index in [1.807, 2.05) is 0 Å². The van der Waals surface area contributed by atoms with Crippen molar-refractivity contribution in [1.82, 2.24) is 4.90 Å². The Balaban J connectivity index is 2.34. The van der Waals surface area contributed by atoms with Crippen LogP contribution in [0.15, 0.2) is 24.3 Å². The molecule has 1 aromatic rings. The van der Waals surface area contributed by atoms with Crippen LogP contribution in [0.3, 0.4) is 0 Å². The van der Waals surface area contributed by atoms with Gasteiger partial charge in [0.15, 0.2) is 0 Å². The summed E-state index contributed by atoms with van der Waals surface area (Å²) in [5.74, 6) is -0.263. The van der Waals surface area contributed by atoms with Crippen LogP contribution in [0, 0.1) is 5.82 Å². The second-order valence-corrected chi connectivity index (χ2v) is 4.51. The third-order valence-electron chi connectivity index (χ3n) is 2.93. The molecule has 0 aliphatic heterocycles. The second kappa shape index (κ2) is 7.41. The first-order valence-electron chi connectivity index (χ1n) is 6.25. The molecule has 0 fully saturated rings. The number of hydrogen-bond donors (Lipinski definition) is 1. The smallest absolute Gasteiger partial charge is 0.123 e. The third-order valence-corrected chi connectivity index (χ3v) is 2.93. The minimum Gasteiger partial charge on any atom is -0.388 e. The molecule has 0 radical (unpaired) electrons. The zero-order chi connectivity index (χ0) is 12.7. The van der Waals surface area contributed by atoms with Crippen LogP contribution in [0.25, 0.3) is 0 Å². The topological polar surface area (TPSA) is 23.5 Å². The minimum atomic E-state index is -0.500.